The summed E-state index contributed by atoms with van der Waals surface area (Å²) in [6, 6.07) is 18.7. The van der Waals surface area contributed by atoms with Crippen molar-refractivity contribution in [1.29, 1.82) is 5.26 Å². The zero-order chi connectivity index (χ0) is 20.8. The van der Waals surface area contributed by atoms with E-state index in [-0.39, 0.29) is 23.0 Å². The van der Waals surface area contributed by atoms with Gasteiger partial charge in [-0.1, -0.05) is 37.3 Å². The van der Waals surface area contributed by atoms with Crippen LogP contribution in [0.5, 0.6) is 0 Å². The number of aryl methyl sites for hydroxylation is 1. The first-order valence-corrected chi connectivity index (χ1v) is 8.94. The maximum absolute atomic E-state index is 13.3. The lowest BCUT2D eigenvalue weighted by atomic mass is 10.0. The normalized spacial score (nSPS) is 10.1. The highest BCUT2D eigenvalue weighted by Gasteiger charge is 2.08. The summed E-state index contributed by atoms with van der Waals surface area (Å²) in [7, 11) is 0. The summed E-state index contributed by atoms with van der Waals surface area (Å²) in [6.45, 7) is 2.11. The van der Waals surface area contributed by atoms with Crippen LogP contribution in [0.15, 0.2) is 60.9 Å². The Kier molecular flexibility index (Phi) is 5.95. The summed E-state index contributed by atoms with van der Waals surface area (Å²) in [4.78, 5) is 11.8. The van der Waals surface area contributed by atoms with Gasteiger partial charge in [0.25, 0.3) is 0 Å². The molecule has 0 bridgehead atoms. The minimum Gasteiger partial charge on any atom is -0.382 e. The van der Waals surface area contributed by atoms with E-state index in [4.69, 9.17) is 16.7 Å². The predicted octanol–water partition coefficient (Wildman–Crippen LogP) is 4.12. The second-order valence-electron chi connectivity index (χ2n) is 6.18. The fraction of sp³-hybridized carbons (Fsp3) is 0.0909. The first-order valence-electron chi connectivity index (χ1n) is 8.94. The third-order valence-corrected chi connectivity index (χ3v) is 4.30. The molecule has 0 radical (unpaired) electrons. The van der Waals surface area contributed by atoms with Gasteiger partial charge in [-0.15, -0.1) is 0 Å². The lowest BCUT2D eigenvalue weighted by Crippen LogP contribution is -2.01. The van der Waals surface area contributed by atoms with Crippen LogP contribution in [0, 0.1) is 17.1 Å². The number of anilines is 2. The second-order valence-corrected chi connectivity index (χ2v) is 6.18. The Labute approximate surface area is 167 Å². The molecular formula is C22H19FN6. The van der Waals surface area contributed by atoms with E-state index < -0.39 is 0 Å². The number of rotatable bonds is 2. The average Bonchev–Trinajstić information content (AvgIpc) is 2.74. The molecule has 0 amide bonds. The number of hydrogen-bond acceptors (Lipinski definition) is 6. The van der Waals surface area contributed by atoms with E-state index in [1.807, 2.05) is 30.3 Å². The number of nitrogen functional groups attached to an aromatic ring is 2. The van der Waals surface area contributed by atoms with Gasteiger partial charge in [0.05, 0.1) is 11.2 Å². The number of halogens is 1. The first-order chi connectivity index (χ1) is 14.0. The Balaban J connectivity index is 0.000000204. The Bertz CT molecular complexity index is 1170. The van der Waals surface area contributed by atoms with Crippen molar-refractivity contribution in [2.45, 2.75) is 13.3 Å². The topological polar surface area (TPSA) is 114 Å². The molecule has 0 saturated heterocycles. The molecule has 7 heteroatoms. The van der Waals surface area contributed by atoms with Gasteiger partial charge in [0.15, 0.2) is 0 Å². The van der Waals surface area contributed by atoms with Crippen LogP contribution in [0.1, 0.15) is 18.1 Å². The number of hydrogen-bond donors (Lipinski definition) is 2. The van der Waals surface area contributed by atoms with Crippen LogP contribution in [-0.2, 0) is 6.42 Å². The van der Waals surface area contributed by atoms with Gasteiger partial charge in [-0.05, 0) is 30.2 Å². The van der Waals surface area contributed by atoms with Gasteiger partial charge in [-0.3, -0.25) is 0 Å². The lowest BCUT2D eigenvalue weighted by Gasteiger charge is -2.09. The van der Waals surface area contributed by atoms with E-state index in [1.165, 1.54) is 24.0 Å². The van der Waals surface area contributed by atoms with Crippen LogP contribution in [0.2, 0.25) is 0 Å². The minimum absolute atomic E-state index is 0.120. The Morgan fingerprint density at radius 3 is 2.28 bits per heavy atom. The molecule has 144 valence electrons. The quantitative estimate of drug-likeness (QED) is 0.536. The first kappa shape index (κ1) is 19.7. The molecule has 0 atom stereocenters. The van der Waals surface area contributed by atoms with E-state index in [0.29, 0.717) is 5.52 Å². The summed E-state index contributed by atoms with van der Waals surface area (Å²) in [5.74, 6) is -0.00624. The predicted molar refractivity (Wildman–Crippen MR) is 112 cm³/mol. The van der Waals surface area contributed by atoms with E-state index >= 15 is 0 Å². The van der Waals surface area contributed by atoms with Crippen molar-refractivity contribution in [1.82, 2.24) is 15.0 Å². The molecule has 0 spiro atoms. The van der Waals surface area contributed by atoms with Crippen molar-refractivity contribution in [3.05, 3.63) is 77.9 Å². The zero-order valence-electron chi connectivity index (χ0n) is 15.8. The number of nitriles is 1. The minimum atomic E-state index is -0.247. The van der Waals surface area contributed by atoms with Crippen LogP contribution in [0.25, 0.3) is 22.2 Å². The highest BCUT2D eigenvalue weighted by Crippen LogP contribution is 2.26. The maximum Gasteiger partial charge on any atom is 0.146 e. The van der Waals surface area contributed by atoms with Gasteiger partial charge in [-0.2, -0.15) is 5.26 Å². The molecule has 0 fully saturated rings. The fourth-order valence-corrected chi connectivity index (χ4v) is 2.83. The highest BCUT2D eigenvalue weighted by molar-refractivity contribution is 5.83. The maximum atomic E-state index is 13.3. The van der Waals surface area contributed by atoms with E-state index in [9.17, 15) is 4.39 Å². The summed E-state index contributed by atoms with van der Waals surface area (Å²) in [6.07, 6.45) is 2.12. The number of fused-ring (bicyclic) bond motifs is 1. The zero-order valence-corrected chi connectivity index (χ0v) is 15.8. The number of nitrogens with two attached hydrogens (primary N) is 2. The summed E-state index contributed by atoms with van der Waals surface area (Å²) >= 11 is 0. The van der Waals surface area contributed by atoms with Crippen molar-refractivity contribution in [3.8, 4) is 17.3 Å². The van der Waals surface area contributed by atoms with E-state index in [0.717, 1.165) is 23.1 Å². The largest absolute Gasteiger partial charge is 0.382 e. The van der Waals surface area contributed by atoms with Gasteiger partial charge in [0, 0.05) is 17.0 Å². The SMILES string of the molecule is CCc1cc2ccc(F)cc2nc1-c1ccccc1.N#Cc1c(N)ncnc1N. The summed E-state index contributed by atoms with van der Waals surface area (Å²) in [5, 5.41) is 9.39. The number of pyridine rings is 1. The van der Waals surface area contributed by atoms with Crippen molar-refractivity contribution in [3.63, 3.8) is 0 Å². The summed E-state index contributed by atoms with van der Waals surface area (Å²) < 4.78 is 13.3. The van der Waals surface area contributed by atoms with Crippen LogP contribution < -0.4 is 11.5 Å². The molecule has 0 saturated carbocycles. The van der Waals surface area contributed by atoms with E-state index in [2.05, 4.69) is 27.9 Å². The molecule has 2 heterocycles. The third kappa shape index (κ3) is 4.45. The van der Waals surface area contributed by atoms with Crippen LogP contribution in [-0.4, -0.2) is 15.0 Å². The molecule has 6 nitrogen and oxygen atoms in total. The smallest absolute Gasteiger partial charge is 0.146 e. The Hall–Kier alpha value is -4.05. The molecule has 4 N–H and O–H groups in total. The van der Waals surface area contributed by atoms with Gasteiger partial charge in [0.2, 0.25) is 0 Å². The van der Waals surface area contributed by atoms with Crippen LogP contribution >= 0.6 is 0 Å². The number of aromatic nitrogens is 3. The molecular weight excluding hydrogens is 367 g/mol. The third-order valence-electron chi connectivity index (χ3n) is 4.30. The van der Waals surface area contributed by atoms with Crippen LogP contribution in [0.3, 0.4) is 0 Å². The molecule has 0 aliphatic heterocycles. The lowest BCUT2D eigenvalue weighted by molar-refractivity contribution is 0.629. The molecule has 29 heavy (non-hydrogen) atoms. The number of benzene rings is 2. The number of nitrogens with zero attached hydrogens (tertiary/aromatic N) is 4. The van der Waals surface area contributed by atoms with Gasteiger partial charge in [-0.25, -0.2) is 19.3 Å². The molecule has 4 aromatic rings. The van der Waals surface area contributed by atoms with Gasteiger partial charge >= 0.3 is 0 Å². The molecule has 0 aliphatic carbocycles. The van der Waals surface area contributed by atoms with Crippen molar-refractivity contribution >= 4 is 22.5 Å². The van der Waals surface area contributed by atoms with Crippen LogP contribution in [0.4, 0.5) is 16.0 Å². The molecule has 4 rings (SSSR count). The Morgan fingerprint density at radius 2 is 1.69 bits per heavy atom. The highest BCUT2D eigenvalue weighted by atomic mass is 19.1. The molecule has 0 aliphatic rings. The van der Waals surface area contributed by atoms with E-state index in [1.54, 1.807) is 12.1 Å². The van der Waals surface area contributed by atoms with Gasteiger partial charge < -0.3 is 11.5 Å². The molecule has 0 unspecified atom stereocenters. The van der Waals surface area contributed by atoms with Crippen molar-refractivity contribution in [2.75, 3.05) is 11.5 Å². The molecule has 2 aromatic carbocycles. The fourth-order valence-electron chi connectivity index (χ4n) is 2.83. The monoisotopic (exact) mass is 386 g/mol. The molecule has 2 aromatic heterocycles. The Morgan fingerprint density at radius 1 is 1.00 bits per heavy atom. The van der Waals surface area contributed by atoms with Crippen molar-refractivity contribution < 1.29 is 4.39 Å². The van der Waals surface area contributed by atoms with Gasteiger partial charge in [0.1, 0.15) is 35.4 Å². The van der Waals surface area contributed by atoms with Crippen molar-refractivity contribution in [2.24, 2.45) is 0 Å². The average molecular weight is 386 g/mol. The standard InChI is InChI=1S/C17H14FN.C5H5N5/c1-2-12-10-14-8-9-15(18)11-16(14)19-17(12)13-6-4-3-5-7-13;6-1-3-4(7)9-2-10-5(3)8/h3-11H,2H2,1H3;2H,(H4,7,8,9,10). The summed E-state index contributed by atoms with van der Waals surface area (Å²) in [5.41, 5.74) is 14.6. The second kappa shape index (κ2) is 8.76.